The van der Waals surface area contributed by atoms with Gasteiger partial charge in [-0.25, -0.2) is 5.43 Å². The van der Waals surface area contributed by atoms with Crippen LogP contribution in [0.2, 0.25) is 4.34 Å². The van der Waals surface area contributed by atoms with E-state index in [2.05, 4.69) is 17.8 Å². The summed E-state index contributed by atoms with van der Waals surface area (Å²) in [6.07, 6.45) is 0. The van der Waals surface area contributed by atoms with Crippen LogP contribution in [0.1, 0.15) is 17.7 Å². The van der Waals surface area contributed by atoms with E-state index in [1.165, 1.54) is 4.88 Å². The van der Waals surface area contributed by atoms with E-state index >= 15 is 0 Å². The molecule has 0 saturated heterocycles. The van der Waals surface area contributed by atoms with E-state index in [4.69, 9.17) is 11.6 Å². The Morgan fingerprint density at radius 3 is 3.27 bits per heavy atom. The van der Waals surface area contributed by atoms with Crippen molar-refractivity contribution in [3.63, 3.8) is 0 Å². The number of nitrogens with one attached hydrogen (secondary N) is 2. The van der Waals surface area contributed by atoms with Crippen molar-refractivity contribution in [3.05, 3.63) is 15.3 Å². The minimum atomic E-state index is 0.573. The van der Waals surface area contributed by atoms with Gasteiger partial charge in [0.05, 0.1) is 10.0 Å². The molecule has 1 aromatic heterocycles. The first-order valence-corrected chi connectivity index (χ1v) is 4.75. The van der Waals surface area contributed by atoms with E-state index in [0.29, 0.717) is 5.92 Å². The monoisotopic (exact) mass is 188 g/mol. The molecule has 1 aliphatic rings. The predicted octanol–water partition coefficient (Wildman–Crippen LogP) is 2.44. The predicted molar refractivity (Wildman–Crippen MR) is 49.4 cm³/mol. The second kappa shape index (κ2) is 2.66. The number of hydrogen-bond acceptors (Lipinski definition) is 3. The average molecular weight is 189 g/mol. The third-order valence-corrected chi connectivity index (χ3v) is 3.31. The molecule has 1 aliphatic heterocycles. The molecule has 11 heavy (non-hydrogen) atoms. The number of hydrogen-bond donors (Lipinski definition) is 2. The highest BCUT2D eigenvalue weighted by molar-refractivity contribution is 7.16. The number of halogens is 1. The topological polar surface area (TPSA) is 24.1 Å². The molecule has 0 fully saturated rings. The molecule has 2 nitrogen and oxygen atoms in total. The number of anilines is 1. The maximum atomic E-state index is 5.87. The van der Waals surface area contributed by atoms with Crippen molar-refractivity contribution in [3.8, 4) is 0 Å². The van der Waals surface area contributed by atoms with Crippen molar-refractivity contribution < 1.29 is 0 Å². The second-order valence-corrected chi connectivity index (χ2v) is 4.45. The smallest absolute Gasteiger partial charge is 0.0953 e. The van der Waals surface area contributed by atoms with E-state index in [-0.39, 0.29) is 0 Å². The van der Waals surface area contributed by atoms with Crippen LogP contribution in [0.15, 0.2) is 6.07 Å². The Bertz CT molecular complexity index is 271. The Hall–Kier alpha value is -0.250. The number of rotatable bonds is 0. The summed E-state index contributed by atoms with van der Waals surface area (Å²) >= 11 is 7.53. The van der Waals surface area contributed by atoms with Gasteiger partial charge in [-0.15, -0.1) is 11.3 Å². The highest BCUT2D eigenvalue weighted by atomic mass is 35.5. The van der Waals surface area contributed by atoms with Crippen LogP contribution in [0.5, 0.6) is 0 Å². The van der Waals surface area contributed by atoms with Crippen LogP contribution in [-0.4, -0.2) is 6.54 Å². The summed E-state index contributed by atoms with van der Waals surface area (Å²) in [6, 6.07) is 1.96. The molecular formula is C7H9ClN2S. The summed E-state index contributed by atoms with van der Waals surface area (Å²) in [5.41, 5.74) is 7.33. The van der Waals surface area contributed by atoms with Gasteiger partial charge in [0.2, 0.25) is 0 Å². The quantitative estimate of drug-likeness (QED) is 0.654. The summed E-state index contributed by atoms with van der Waals surface area (Å²) in [5.74, 6) is 0.573. The Kier molecular flexibility index (Phi) is 1.79. The van der Waals surface area contributed by atoms with Crippen LogP contribution in [0.4, 0.5) is 5.69 Å². The zero-order valence-corrected chi connectivity index (χ0v) is 7.72. The molecule has 1 aromatic rings. The lowest BCUT2D eigenvalue weighted by Gasteiger charge is -2.20. The Labute approximate surface area is 74.5 Å². The highest BCUT2D eigenvalue weighted by Gasteiger charge is 2.18. The van der Waals surface area contributed by atoms with Crippen LogP contribution in [0, 0.1) is 0 Å². The van der Waals surface area contributed by atoms with Gasteiger partial charge in [-0.2, -0.15) is 0 Å². The van der Waals surface area contributed by atoms with Crippen molar-refractivity contribution in [2.45, 2.75) is 12.8 Å². The zero-order valence-electron chi connectivity index (χ0n) is 6.15. The molecule has 0 radical (unpaired) electrons. The molecule has 0 spiro atoms. The fourth-order valence-corrected chi connectivity index (χ4v) is 2.48. The van der Waals surface area contributed by atoms with Gasteiger partial charge >= 0.3 is 0 Å². The first kappa shape index (κ1) is 7.40. The maximum Gasteiger partial charge on any atom is 0.0953 e. The molecular weight excluding hydrogens is 180 g/mol. The van der Waals surface area contributed by atoms with Gasteiger partial charge in [0, 0.05) is 17.3 Å². The summed E-state index contributed by atoms with van der Waals surface area (Å²) in [7, 11) is 0. The summed E-state index contributed by atoms with van der Waals surface area (Å²) in [4.78, 5) is 1.36. The molecule has 2 rings (SSSR count). The first-order chi connectivity index (χ1) is 5.27. The van der Waals surface area contributed by atoms with Gasteiger partial charge in [-0.3, -0.25) is 0 Å². The second-order valence-electron chi connectivity index (χ2n) is 2.74. The fraction of sp³-hybridized carbons (Fsp3) is 0.429. The molecule has 0 aliphatic carbocycles. The van der Waals surface area contributed by atoms with Gasteiger partial charge in [0.1, 0.15) is 0 Å². The Balaban J connectivity index is 2.43. The largest absolute Gasteiger partial charge is 0.320 e. The molecule has 0 bridgehead atoms. The highest BCUT2D eigenvalue weighted by Crippen LogP contribution is 2.37. The number of hydrazine groups is 1. The third-order valence-electron chi connectivity index (χ3n) is 1.81. The Morgan fingerprint density at radius 2 is 2.55 bits per heavy atom. The van der Waals surface area contributed by atoms with Crippen molar-refractivity contribution in [1.29, 1.82) is 0 Å². The SMILES string of the molecule is CC1CNNc2cc(Cl)sc21. The molecule has 2 N–H and O–H groups in total. The lowest BCUT2D eigenvalue weighted by atomic mass is 10.1. The summed E-state index contributed by atoms with van der Waals surface area (Å²) < 4.78 is 0.859. The van der Waals surface area contributed by atoms with E-state index < -0.39 is 0 Å². The number of thiophene rings is 1. The van der Waals surface area contributed by atoms with Crippen molar-refractivity contribution in [2.24, 2.45) is 0 Å². The lowest BCUT2D eigenvalue weighted by molar-refractivity contribution is 0.655. The van der Waals surface area contributed by atoms with Gasteiger partial charge in [-0.05, 0) is 6.07 Å². The van der Waals surface area contributed by atoms with E-state index in [1.807, 2.05) is 6.07 Å². The fourth-order valence-electron chi connectivity index (χ4n) is 1.23. The molecule has 2 heterocycles. The maximum absolute atomic E-state index is 5.87. The number of fused-ring (bicyclic) bond motifs is 1. The van der Waals surface area contributed by atoms with Crippen LogP contribution in [-0.2, 0) is 0 Å². The minimum Gasteiger partial charge on any atom is -0.320 e. The van der Waals surface area contributed by atoms with Crippen molar-refractivity contribution in [2.75, 3.05) is 12.0 Å². The van der Waals surface area contributed by atoms with Crippen molar-refractivity contribution >= 4 is 28.6 Å². The van der Waals surface area contributed by atoms with Crippen LogP contribution in [0.3, 0.4) is 0 Å². The molecule has 60 valence electrons. The van der Waals surface area contributed by atoms with Gasteiger partial charge in [-0.1, -0.05) is 18.5 Å². The lowest BCUT2D eigenvalue weighted by Crippen LogP contribution is -2.30. The van der Waals surface area contributed by atoms with Crippen LogP contribution in [0.25, 0.3) is 0 Å². The molecule has 0 amide bonds. The average Bonchev–Trinajstić information content (AvgIpc) is 2.31. The van der Waals surface area contributed by atoms with E-state index in [0.717, 1.165) is 16.6 Å². The Morgan fingerprint density at radius 1 is 1.73 bits per heavy atom. The van der Waals surface area contributed by atoms with E-state index in [1.54, 1.807) is 11.3 Å². The third kappa shape index (κ3) is 1.24. The zero-order chi connectivity index (χ0) is 7.84. The standard InChI is InChI=1S/C7H9ClN2S/c1-4-3-9-10-5-2-6(8)11-7(4)5/h2,4,9-10H,3H2,1H3. The molecule has 4 heteroatoms. The van der Waals surface area contributed by atoms with E-state index in [9.17, 15) is 0 Å². The summed E-state index contributed by atoms with van der Waals surface area (Å²) in [5, 5.41) is 0. The van der Waals surface area contributed by atoms with Gasteiger partial charge in [0.15, 0.2) is 0 Å². The van der Waals surface area contributed by atoms with Crippen molar-refractivity contribution in [1.82, 2.24) is 5.43 Å². The van der Waals surface area contributed by atoms with Gasteiger partial charge in [0.25, 0.3) is 0 Å². The molecule has 0 saturated carbocycles. The molecule has 1 unspecified atom stereocenters. The van der Waals surface area contributed by atoms with Gasteiger partial charge < -0.3 is 5.43 Å². The first-order valence-electron chi connectivity index (χ1n) is 3.55. The van der Waals surface area contributed by atoms with Crippen LogP contribution >= 0.6 is 22.9 Å². The van der Waals surface area contributed by atoms with Crippen LogP contribution < -0.4 is 10.9 Å². The molecule has 0 aromatic carbocycles. The molecule has 1 atom stereocenters. The minimum absolute atomic E-state index is 0.573. The summed E-state index contributed by atoms with van der Waals surface area (Å²) in [6.45, 7) is 3.17. The normalized spacial score (nSPS) is 22.5.